The molecule has 0 spiro atoms. The van der Waals surface area contributed by atoms with Gasteiger partial charge in [0.05, 0.1) is 19.4 Å². The summed E-state index contributed by atoms with van der Waals surface area (Å²) in [5.74, 6) is 0.0223. The lowest BCUT2D eigenvalue weighted by atomic mass is 10.1. The highest BCUT2D eigenvalue weighted by Gasteiger charge is 2.17. The van der Waals surface area contributed by atoms with E-state index in [0.717, 1.165) is 18.7 Å². The molecule has 1 aliphatic heterocycles. The number of hydrogen-bond acceptors (Lipinski definition) is 4. The van der Waals surface area contributed by atoms with Crippen LogP contribution in [0.3, 0.4) is 0 Å². The van der Waals surface area contributed by atoms with E-state index in [-0.39, 0.29) is 11.7 Å². The first kappa shape index (κ1) is 16.2. The first-order chi connectivity index (χ1) is 10.7. The summed E-state index contributed by atoms with van der Waals surface area (Å²) in [5, 5.41) is 14.0. The number of para-hydroxylation sites is 1. The van der Waals surface area contributed by atoms with Gasteiger partial charge in [-0.3, -0.25) is 4.79 Å². The highest BCUT2D eigenvalue weighted by molar-refractivity contribution is 5.85. The van der Waals surface area contributed by atoms with E-state index in [1.165, 1.54) is 11.1 Å². The maximum absolute atomic E-state index is 11.8. The van der Waals surface area contributed by atoms with E-state index in [9.17, 15) is 9.90 Å². The summed E-state index contributed by atoms with van der Waals surface area (Å²) in [6.07, 6.45) is 3.76. The van der Waals surface area contributed by atoms with Gasteiger partial charge in [0.2, 0.25) is 0 Å². The summed E-state index contributed by atoms with van der Waals surface area (Å²) in [4.78, 5) is 13.0. The number of phenols is 1. The zero-order valence-corrected chi connectivity index (χ0v) is 12.5. The van der Waals surface area contributed by atoms with Gasteiger partial charge in [0.1, 0.15) is 18.8 Å². The maximum Gasteiger partial charge on any atom is 0.295 e. The summed E-state index contributed by atoms with van der Waals surface area (Å²) in [6.45, 7) is 7.08. The standard InChI is InChI=1S/C16H21N3O3/c1-2-4-13-5-3-6-14(16(13)21)11-17-18-15(20)12-19-7-9-22-10-8-19/h2-3,5-6,11,21H,1,4,7-10,12H2,(H,18,20)/p+1/b17-11+. The van der Waals surface area contributed by atoms with Crippen LogP contribution in [0, 0.1) is 0 Å². The number of nitrogens with one attached hydrogen (secondary N) is 2. The highest BCUT2D eigenvalue weighted by atomic mass is 16.5. The molecule has 0 saturated carbocycles. The van der Waals surface area contributed by atoms with Gasteiger partial charge in [-0.2, -0.15) is 5.10 Å². The van der Waals surface area contributed by atoms with E-state index in [1.807, 2.05) is 12.1 Å². The molecule has 6 heteroatoms. The predicted octanol–water partition coefficient (Wildman–Crippen LogP) is -0.514. The topological polar surface area (TPSA) is 75.4 Å². The number of phenolic OH excluding ortho intramolecular Hbond substituents is 1. The lowest BCUT2D eigenvalue weighted by molar-refractivity contribution is -0.900. The molecule has 1 aliphatic rings. The number of carbonyl (C=O) groups excluding carboxylic acids is 1. The SMILES string of the molecule is C=CCc1cccc(/C=N/NC(=O)C[NH+]2CCOCC2)c1O. The van der Waals surface area contributed by atoms with E-state index in [2.05, 4.69) is 17.1 Å². The number of rotatable bonds is 6. The second-order valence-electron chi connectivity index (χ2n) is 5.18. The van der Waals surface area contributed by atoms with Crippen molar-refractivity contribution in [2.75, 3.05) is 32.8 Å². The van der Waals surface area contributed by atoms with Crippen LogP contribution in [0.1, 0.15) is 11.1 Å². The molecule has 1 amide bonds. The fourth-order valence-corrected chi connectivity index (χ4v) is 2.31. The molecule has 1 saturated heterocycles. The first-order valence-electron chi connectivity index (χ1n) is 7.35. The van der Waals surface area contributed by atoms with Crippen molar-refractivity contribution < 1.29 is 19.5 Å². The molecule has 118 valence electrons. The van der Waals surface area contributed by atoms with Crippen molar-refractivity contribution in [2.24, 2.45) is 5.10 Å². The van der Waals surface area contributed by atoms with Crippen molar-refractivity contribution in [3.63, 3.8) is 0 Å². The monoisotopic (exact) mass is 304 g/mol. The predicted molar refractivity (Wildman–Crippen MR) is 84.1 cm³/mol. The van der Waals surface area contributed by atoms with Crippen molar-refractivity contribution in [3.05, 3.63) is 42.0 Å². The molecule has 0 unspecified atom stereocenters. The molecule has 1 heterocycles. The van der Waals surface area contributed by atoms with Crippen LogP contribution in [0.15, 0.2) is 36.0 Å². The third-order valence-corrected chi connectivity index (χ3v) is 3.52. The van der Waals surface area contributed by atoms with Crippen molar-refractivity contribution in [2.45, 2.75) is 6.42 Å². The molecule has 0 aromatic heterocycles. The van der Waals surface area contributed by atoms with Gasteiger partial charge in [-0.1, -0.05) is 18.2 Å². The van der Waals surface area contributed by atoms with Gasteiger partial charge in [-0.25, -0.2) is 5.43 Å². The Hall–Kier alpha value is -2.18. The Balaban J connectivity index is 1.87. The molecule has 1 fully saturated rings. The number of amides is 1. The van der Waals surface area contributed by atoms with Crippen molar-refractivity contribution in [3.8, 4) is 5.75 Å². The number of benzene rings is 1. The van der Waals surface area contributed by atoms with Crippen LogP contribution < -0.4 is 10.3 Å². The summed E-state index contributed by atoms with van der Waals surface area (Å²) >= 11 is 0. The van der Waals surface area contributed by atoms with Crippen LogP contribution in [0.25, 0.3) is 0 Å². The van der Waals surface area contributed by atoms with Gasteiger partial charge < -0.3 is 14.7 Å². The fourth-order valence-electron chi connectivity index (χ4n) is 2.31. The average molecular weight is 304 g/mol. The van der Waals surface area contributed by atoms with Crippen molar-refractivity contribution in [1.82, 2.24) is 5.43 Å². The van der Waals surface area contributed by atoms with Crippen LogP contribution in [0.5, 0.6) is 5.75 Å². The minimum atomic E-state index is -0.144. The highest BCUT2D eigenvalue weighted by Crippen LogP contribution is 2.21. The van der Waals surface area contributed by atoms with Gasteiger partial charge >= 0.3 is 0 Å². The molecule has 0 aliphatic carbocycles. The summed E-state index contributed by atoms with van der Waals surface area (Å²) in [7, 11) is 0. The number of hydrazone groups is 1. The Bertz CT molecular complexity index is 552. The third-order valence-electron chi connectivity index (χ3n) is 3.52. The summed E-state index contributed by atoms with van der Waals surface area (Å²) in [6, 6.07) is 5.40. The summed E-state index contributed by atoms with van der Waals surface area (Å²) < 4.78 is 5.25. The Morgan fingerprint density at radius 1 is 1.45 bits per heavy atom. The number of quaternary nitrogens is 1. The zero-order chi connectivity index (χ0) is 15.8. The Morgan fingerprint density at radius 2 is 2.23 bits per heavy atom. The molecule has 2 rings (SSSR count). The second kappa shape index (κ2) is 8.31. The number of aromatic hydroxyl groups is 1. The molecular weight excluding hydrogens is 282 g/mol. The smallest absolute Gasteiger partial charge is 0.295 e. The summed E-state index contributed by atoms with van der Waals surface area (Å²) in [5.41, 5.74) is 3.84. The molecule has 1 aromatic rings. The van der Waals surface area contributed by atoms with Crippen molar-refractivity contribution >= 4 is 12.1 Å². The average Bonchev–Trinajstić information content (AvgIpc) is 2.52. The molecule has 3 N–H and O–H groups in total. The van der Waals surface area contributed by atoms with Crippen LogP contribution in [-0.2, 0) is 16.0 Å². The fraction of sp³-hybridized carbons (Fsp3) is 0.375. The maximum atomic E-state index is 11.8. The van der Waals surface area contributed by atoms with Crippen LogP contribution in [0.2, 0.25) is 0 Å². The Labute approximate surface area is 130 Å². The minimum Gasteiger partial charge on any atom is -0.507 e. The second-order valence-corrected chi connectivity index (χ2v) is 5.18. The zero-order valence-electron chi connectivity index (χ0n) is 12.5. The Morgan fingerprint density at radius 3 is 2.95 bits per heavy atom. The van der Waals surface area contributed by atoms with Crippen LogP contribution in [-0.4, -0.2) is 50.1 Å². The van der Waals surface area contributed by atoms with Gasteiger partial charge in [-0.15, -0.1) is 6.58 Å². The third kappa shape index (κ3) is 4.68. The normalized spacial score (nSPS) is 15.8. The minimum absolute atomic E-state index is 0.144. The molecule has 22 heavy (non-hydrogen) atoms. The van der Waals surface area contributed by atoms with E-state index in [4.69, 9.17) is 4.74 Å². The molecule has 0 atom stereocenters. The quantitative estimate of drug-likeness (QED) is 0.376. The molecule has 0 radical (unpaired) electrons. The number of hydrogen-bond donors (Lipinski definition) is 3. The molecule has 6 nitrogen and oxygen atoms in total. The lowest BCUT2D eigenvalue weighted by Gasteiger charge is -2.22. The number of allylic oxidation sites excluding steroid dienone is 1. The van der Waals surface area contributed by atoms with Gasteiger partial charge in [0, 0.05) is 5.56 Å². The number of ether oxygens (including phenoxy) is 1. The number of morpholine rings is 1. The van der Waals surface area contributed by atoms with Crippen LogP contribution >= 0.6 is 0 Å². The van der Waals surface area contributed by atoms with Gasteiger partial charge in [0.15, 0.2) is 6.54 Å². The molecular formula is C16H22N3O3+. The van der Waals surface area contributed by atoms with E-state index in [0.29, 0.717) is 31.7 Å². The van der Waals surface area contributed by atoms with Gasteiger partial charge in [0.25, 0.3) is 5.91 Å². The Kier molecular flexibility index (Phi) is 6.12. The van der Waals surface area contributed by atoms with E-state index >= 15 is 0 Å². The molecule has 1 aromatic carbocycles. The number of nitrogens with zero attached hydrogens (tertiary/aromatic N) is 1. The van der Waals surface area contributed by atoms with E-state index < -0.39 is 0 Å². The van der Waals surface area contributed by atoms with E-state index in [1.54, 1.807) is 12.1 Å². The largest absolute Gasteiger partial charge is 0.507 e. The van der Waals surface area contributed by atoms with Crippen LogP contribution in [0.4, 0.5) is 0 Å². The van der Waals surface area contributed by atoms with Gasteiger partial charge in [-0.05, 0) is 18.1 Å². The molecule has 0 bridgehead atoms. The first-order valence-corrected chi connectivity index (χ1v) is 7.35. The number of carbonyl (C=O) groups is 1. The van der Waals surface area contributed by atoms with Crippen molar-refractivity contribution in [1.29, 1.82) is 0 Å². The lowest BCUT2D eigenvalue weighted by Crippen LogP contribution is -3.15.